The zero-order valence-corrected chi connectivity index (χ0v) is 14.0. The lowest BCUT2D eigenvalue weighted by Gasteiger charge is -2.20. The van der Waals surface area contributed by atoms with E-state index in [1.54, 1.807) is 11.3 Å². The summed E-state index contributed by atoms with van der Waals surface area (Å²) in [6, 6.07) is 6.70. The van der Waals surface area contributed by atoms with Crippen molar-refractivity contribution in [2.24, 2.45) is 0 Å². The molecule has 5 heteroatoms. The van der Waals surface area contributed by atoms with Gasteiger partial charge in [0.15, 0.2) is 5.13 Å². The third-order valence-electron chi connectivity index (χ3n) is 4.18. The highest BCUT2D eigenvalue weighted by atomic mass is 35.5. The first kappa shape index (κ1) is 14.8. The van der Waals surface area contributed by atoms with Crippen molar-refractivity contribution in [2.45, 2.75) is 39.3 Å². The molecule has 112 valence electrons. The molecule has 1 atom stereocenters. The number of nitrogen functional groups attached to an aromatic ring is 1. The SMILES string of the molecule is Cc1cc(-c2nc(N)sc2CN2CCC[C@H]2C)ccc1Cl. The first-order valence-corrected chi connectivity index (χ1v) is 8.50. The lowest BCUT2D eigenvalue weighted by molar-refractivity contribution is 0.263. The van der Waals surface area contributed by atoms with Gasteiger partial charge in [0.05, 0.1) is 5.69 Å². The molecule has 0 amide bonds. The first-order chi connectivity index (χ1) is 10.0. The van der Waals surface area contributed by atoms with Crippen molar-refractivity contribution in [3.63, 3.8) is 0 Å². The topological polar surface area (TPSA) is 42.1 Å². The van der Waals surface area contributed by atoms with Crippen molar-refractivity contribution in [1.29, 1.82) is 0 Å². The van der Waals surface area contributed by atoms with Crippen LogP contribution in [-0.4, -0.2) is 22.5 Å². The standard InChI is InChI=1S/C16H20ClN3S/c1-10-8-12(5-6-13(10)17)15-14(21-16(18)19-15)9-20-7-3-4-11(20)2/h5-6,8,11H,3-4,7,9H2,1-2H3,(H2,18,19)/t11-/m1/s1. The summed E-state index contributed by atoms with van der Waals surface area (Å²) in [4.78, 5) is 8.31. The Bertz CT molecular complexity index is 653. The van der Waals surface area contributed by atoms with Gasteiger partial charge in [-0.2, -0.15) is 0 Å². The molecule has 1 aromatic heterocycles. The number of aryl methyl sites for hydroxylation is 1. The zero-order chi connectivity index (χ0) is 15.0. The minimum atomic E-state index is 0.638. The second-order valence-corrected chi connectivity index (χ2v) is 7.27. The third-order valence-corrected chi connectivity index (χ3v) is 5.48. The van der Waals surface area contributed by atoms with Crippen LogP contribution in [0, 0.1) is 6.92 Å². The van der Waals surface area contributed by atoms with Gasteiger partial charge in [-0.25, -0.2) is 4.98 Å². The van der Waals surface area contributed by atoms with E-state index in [1.165, 1.54) is 17.7 Å². The summed E-state index contributed by atoms with van der Waals surface area (Å²) in [5.74, 6) is 0. The number of nitrogens with zero attached hydrogens (tertiary/aromatic N) is 2. The number of halogens is 1. The predicted octanol–water partition coefficient (Wildman–Crippen LogP) is 4.34. The maximum absolute atomic E-state index is 6.12. The molecule has 0 saturated carbocycles. The van der Waals surface area contributed by atoms with Gasteiger partial charge in [-0.1, -0.05) is 17.7 Å². The Labute approximate surface area is 134 Å². The number of rotatable bonds is 3. The van der Waals surface area contributed by atoms with Crippen molar-refractivity contribution in [3.05, 3.63) is 33.7 Å². The van der Waals surface area contributed by atoms with Crippen LogP contribution >= 0.6 is 22.9 Å². The Hall–Kier alpha value is -1.10. The summed E-state index contributed by atoms with van der Waals surface area (Å²) >= 11 is 7.72. The molecule has 0 spiro atoms. The molecule has 21 heavy (non-hydrogen) atoms. The van der Waals surface area contributed by atoms with E-state index < -0.39 is 0 Å². The number of likely N-dealkylation sites (tertiary alicyclic amines) is 1. The molecule has 2 heterocycles. The zero-order valence-electron chi connectivity index (χ0n) is 12.4. The second kappa shape index (κ2) is 5.95. The number of benzene rings is 1. The van der Waals surface area contributed by atoms with Crippen molar-refractivity contribution in [2.75, 3.05) is 12.3 Å². The van der Waals surface area contributed by atoms with Crippen molar-refractivity contribution < 1.29 is 0 Å². The Morgan fingerprint density at radius 3 is 2.95 bits per heavy atom. The van der Waals surface area contributed by atoms with E-state index in [1.807, 2.05) is 19.1 Å². The normalized spacial score (nSPS) is 19.3. The molecule has 0 aliphatic carbocycles. The highest BCUT2D eigenvalue weighted by Crippen LogP contribution is 2.33. The minimum Gasteiger partial charge on any atom is -0.375 e. The molecule has 1 saturated heterocycles. The van der Waals surface area contributed by atoms with E-state index in [0.717, 1.165) is 34.9 Å². The lowest BCUT2D eigenvalue weighted by atomic mass is 10.1. The molecule has 0 radical (unpaired) electrons. The molecule has 2 aromatic rings. The van der Waals surface area contributed by atoms with Crippen LogP contribution in [0.2, 0.25) is 5.02 Å². The summed E-state index contributed by atoms with van der Waals surface area (Å²) < 4.78 is 0. The predicted molar refractivity (Wildman–Crippen MR) is 90.8 cm³/mol. The van der Waals surface area contributed by atoms with Gasteiger partial charge in [0.25, 0.3) is 0 Å². The highest BCUT2D eigenvalue weighted by molar-refractivity contribution is 7.15. The summed E-state index contributed by atoms with van der Waals surface area (Å²) in [6.07, 6.45) is 2.56. The molecule has 0 bridgehead atoms. The van der Waals surface area contributed by atoms with Gasteiger partial charge in [-0.3, -0.25) is 4.90 Å². The number of anilines is 1. The van der Waals surface area contributed by atoms with Gasteiger partial charge in [-0.05, 0) is 50.9 Å². The van der Waals surface area contributed by atoms with Gasteiger partial charge in [-0.15, -0.1) is 11.3 Å². The average molecular weight is 322 g/mol. The Kier molecular flexibility index (Phi) is 4.20. The molecule has 1 fully saturated rings. The van der Waals surface area contributed by atoms with Crippen LogP contribution in [0.25, 0.3) is 11.3 Å². The maximum Gasteiger partial charge on any atom is 0.180 e. The summed E-state index contributed by atoms with van der Waals surface area (Å²) in [7, 11) is 0. The number of hydrogen-bond acceptors (Lipinski definition) is 4. The fourth-order valence-electron chi connectivity index (χ4n) is 2.91. The van der Waals surface area contributed by atoms with Crippen molar-refractivity contribution in [3.8, 4) is 11.3 Å². The monoisotopic (exact) mass is 321 g/mol. The van der Waals surface area contributed by atoms with E-state index >= 15 is 0 Å². The van der Waals surface area contributed by atoms with Crippen LogP contribution in [0.4, 0.5) is 5.13 Å². The molecule has 1 aliphatic rings. The summed E-state index contributed by atoms with van der Waals surface area (Å²) in [5.41, 5.74) is 9.14. The molecule has 3 nitrogen and oxygen atoms in total. The molecule has 2 N–H and O–H groups in total. The molecular weight excluding hydrogens is 302 g/mol. The number of aromatic nitrogens is 1. The van der Waals surface area contributed by atoms with Gasteiger partial charge in [0.1, 0.15) is 0 Å². The van der Waals surface area contributed by atoms with Crippen LogP contribution in [0.3, 0.4) is 0 Å². The molecule has 3 rings (SSSR count). The highest BCUT2D eigenvalue weighted by Gasteiger charge is 2.23. The van der Waals surface area contributed by atoms with E-state index in [2.05, 4.69) is 22.9 Å². The quantitative estimate of drug-likeness (QED) is 0.914. The van der Waals surface area contributed by atoms with Gasteiger partial charge >= 0.3 is 0 Å². The van der Waals surface area contributed by atoms with Crippen LogP contribution in [-0.2, 0) is 6.54 Å². The molecular formula is C16H20ClN3S. The second-order valence-electron chi connectivity index (χ2n) is 5.75. The van der Waals surface area contributed by atoms with Gasteiger partial charge < -0.3 is 5.73 Å². The van der Waals surface area contributed by atoms with E-state index in [9.17, 15) is 0 Å². The minimum absolute atomic E-state index is 0.638. The number of thiazole rings is 1. The van der Waals surface area contributed by atoms with Crippen LogP contribution < -0.4 is 5.73 Å². The summed E-state index contributed by atoms with van der Waals surface area (Å²) in [5, 5.41) is 1.43. The Morgan fingerprint density at radius 1 is 1.48 bits per heavy atom. The van der Waals surface area contributed by atoms with Gasteiger partial charge in [0, 0.05) is 28.0 Å². The van der Waals surface area contributed by atoms with Crippen molar-refractivity contribution >= 4 is 28.1 Å². The van der Waals surface area contributed by atoms with Crippen LogP contribution in [0.5, 0.6) is 0 Å². The maximum atomic E-state index is 6.12. The fraction of sp³-hybridized carbons (Fsp3) is 0.438. The summed E-state index contributed by atoms with van der Waals surface area (Å²) in [6.45, 7) is 6.42. The average Bonchev–Trinajstić information content (AvgIpc) is 3.00. The van der Waals surface area contributed by atoms with E-state index in [-0.39, 0.29) is 0 Å². The van der Waals surface area contributed by atoms with E-state index in [4.69, 9.17) is 17.3 Å². The van der Waals surface area contributed by atoms with Crippen LogP contribution in [0.1, 0.15) is 30.2 Å². The number of nitrogens with two attached hydrogens (primary N) is 1. The Morgan fingerprint density at radius 2 is 2.29 bits per heavy atom. The lowest BCUT2D eigenvalue weighted by Crippen LogP contribution is -2.25. The molecule has 1 aromatic carbocycles. The fourth-order valence-corrected chi connectivity index (χ4v) is 3.90. The third kappa shape index (κ3) is 3.07. The largest absolute Gasteiger partial charge is 0.375 e. The Balaban J connectivity index is 1.93. The number of hydrogen-bond donors (Lipinski definition) is 1. The van der Waals surface area contributed by atoms with Crippen LogP contribution in [0.15, 0.2) is 18.2 Å². The molecule has 1 aliphatic heterocycles. The van der Waals surface area contributed by atoms with Gasteiger partial charge in [0.2, 0.25) is 0 Å². The molecule has 0 unspecified atom stereocenters. The van der Waals surface area contributed by atoms with Crippen molar-refractivity contribution in [1.82, 2.24) is 9.88 Å². The smallest absolute Gasteiger partial charge is 0.180 e. The van der Waals surface area contributed by atoms with E-state index in [0.29, 0.717) is 11.2 Å². The first-order valence-electron chi connectivity index (χ1n) is 7.30.